The molecule has 0 aromatic carbocycles. The molecular formula is C11H12O3. The van der Waals surface area contributed by atoms with Crippen LogP contribution in [0.5, 0.6) is 0 Å². The fourth-order valence-electron chi connectivity index (χ4n) is 1.81. The third-order valence-electron chi connectivity index (χ3n) is 2.63. The molecule has 3 nitrogen and oxygen atoms in total. The van der Waals surface area contributed by atoms with Crippen molar-refractivity contribution in [3.05, 3.63) is 35.8 Å². The lowest BCUT2D eigenvalue weighted by atomic mass is 9.88. The Bertz CT molecular complexity index is 349. The van der Waals surface area contributed by atoms with E-state index in [1.165, 1.54) is 0 Å². The Balaban J connectivity index is 2.06. The monoisotopic (exact) mass is 192 g/mol. The van der Waals surface area contributed by atoms with Gasteiger partial charge in [-0.05, 0) is 31.4 Å². The van der Waals surface area contributed by atoms with Gasteiger partial charge in [0.25, 0.3) is 0 Å². The average molecular weight is 192 g/mol. The summed E-state index contributed by atoms with van der Waals surface area (Å²) in [7, 11) is 0. The van der Waals surface area contributed by atoms with E-state index in [9.17, 15) is 4.79 Å². The van der Waals surface area contributed by atoms with Crippen LogP contribution in [0.3, 0.4) is 0 Å². The highest BCUT2D eigenvalue weighted by Gasteiger charge is 2.20. The van der Waals surface area contributed by atoms with E-state index in [2.05, 4.69) is 0 Å². The highest BCUT2D eigenvalue weighted by atomic mass is 16.4. The van der Waals surface area contributed by atoms with Crippen LogP contribution in [-0.2, 0) is 4.79 Å². The first kappa shape index (κ1) is 9.06. The first-order valence-electron chi connectivity index (χ1n) is 4.73. The Labute approximate surface area is 82.0 Å². The molecule has 0 radical (unpaired) electrons. The maximum absolute atomic E-state index is 10.7. The summed E-state index contributed by atoms with van der Waals surface area (Å²) in [4.78, 5) is 10.7. The fraction of sp³-hybridized carbons (Fsp3) is 0.364. The van der Waals surface area contributed by atoms with Gasteiger partial charge in [0.05, 0.1) is 6.26 Å². The van der Waals surface area contributed by atoms with E-state index >= 15 is 0 Å². The quantitative estimate of drug-likeness (QED) is 0.783. The van der Waals surface area contributed by atoms with Crippen LogP contribution < -0.4 is 0 Å². The summed E-state index contributed by atoms with van der Waals surface area (Å²) in [6, 6.07) is 3.82. The molecule has 0 aliphatic heterocycles. The van der Waals surface area contributed by atoms with Crippen molar-refractivity contribution in [3.63, 3.8) is 0 Å². The van der Waals surface area contributed by atoms with Crippen molar-refractivity contribution in [2.24, 2.45) is 0 Å². The van der Waals surface area contributed by atoms with Gasteiger partial charge in [-0.1, -0.05) is 6.08 Å². The van der Waals surface area contributed by atoms with Crippen LogP contribution in [0.2, 0.25) is 0 Å². The van der Waals surface area contributed by atoms with Crippen LogP contribution in [-0.4, -0.2) is 11.1 Å². The van der Waals surface area contributed by atoms with E-state index in [1.54, 1.807) is 12.3 Å². The maximum atomic E-state index is 10.7. The SMILES string of the molecule is O=C(O)C1=CCC(c2ccco2)CC1. The summed E-state index contributed by atoms with van der Waals surface area (Å²) in [5.74, 6) is 0.529. The molecule has 14 heavy (non-hydrogen) atoms. The topological polar surface area (TPSA) is 50.4 Å². The molecule has 0 saturated carbocycles. The first-order valence-corrected chi connectivity index (χ1v) is 4.73. The largest absolute Gasteiger partial charge is 0.478 e. The van der Waals surface area contributed by atoms with Gasteiger partial charge in [0, 0.05) is 11.5 Å². The number of rotatable bonds is 2. The zero-order chi connectivity index (χ0) is 9.97. The van der Waals surface area contributed by atoms with Crippen LogP contribution >= 0.6 is 0 Å². The van der Waals surface area contributed by atoms with E-state index in [-0.39, 0.29) is 0 Å². The highest BCUT2D eigenvalue weighted by molar-refractivity contribution is 5.86. The lowest BCUT2D eigenvalue weighted by molar-refractivity contribution is -0.132. The molecular weight excluding hydrogens is 180 g/mol. The predicted octanol–water partition coefficient (Wildman–Crippen LogP) is 2.56. The number of carboxylic acid groups (broad SMARTS) is 1. The van der Waals surface area contributed by atoms with Crippen LogP contribution in [0.15, 0.2) is 34.5 Å². The van der Waals surface area contributed by atoms with Crippen LogP contribution in [0, 0.1) is 0 Å². The molecule has 1 aliphatic carbocycles. The number of hydrogen-bond acceptors (Lipinski definition) is 2. The Morgan fingerprint density at radius 3 is 2.93 bits per heavy atom. The van der Waals surface area contributed by atoms with Gasteiger partial charge in [-0.2, -0.15) is 0 Å². The number of aliphatic carboxylic acids is 1. The Kier molecular flexibility index (Phi) is 2.39. The number of hydrogen-bond donors (Lipinski definition) is 1. The van der Waals surface area contributed by atoms with Crippen molar-refractivity contribution in [2.45, 2.75) is 25.2 Å². The molecule has 74 valence electrons. The van der Waals surface area contributed by atoms with Gasteiger partial charge in [-0.15, -0.1) is 0 Å². The summed E-state index contributed by atoms with van der Waals surface area (Å²) >= 11 is 0. The molecule has 0 fully saturated rings. The molecule has 1 atom stereocenters. The van der Waals surface area contributed by atoms with Crippen molar-refractivity contribution in [2.75, 3.05) is 0 Å². The summed E-state index contributed by atoms with van der Waals surface area (Å²) < 4.78 is 5.29. The minimum Gasteiger partial charge on any atom is -0.478 e. The summed E-state index contributed by atoms with van der Waals surface area (Å²) in [6.07, 6.45) is 5.74. The molecule has 1 aliphatic rings. The number of carbonyl (C=O) groups is 1. The minimum absolute atomic E-state index is 0.355. The molecule has 1 heterocycles. The molecule has 0 saturated heterocycles. The Hall–Kier alpha value is -1.51. The van der Waals surface area contributed by atoms with Gasteiger partial charge >= 0.3 is 5.97 Å². The summed E-state index contributed by atoms with van der Waals surface area (Å²) in [6.45, 7) is 0. The van der Waals surface area contributed by atoms with Crippen molar-refractivity contribution < 1.29 is 14.3 Å². The molecule has 1 unspecified atom stereocenters. The summed E-state index contributed by atoms with van der Waals surface area (Å²) in [5.41, 5.74) is 0.535. The van der Waals surface area contributed by atoms with E-state index in [0.29, 0.717) is 17.9 Å². The summed E-state index contributed by atoms with van der Waals surface area (Å²) in [5, 5.41) is 8.76. The smallest absolute Gasteiger partial charge is 0.331 e. The van der Waals surface area contributed by atoms with E-state index in [0.717, 1.165) is 18.6 Å². The highest BCUT2D eigenvalue weighted by Crippen LogP contribution is 2.32. The van der Waals surface area contributed by atoms with E-state index < -0.39 is 5.97 Å². The maximum Gasteiger partial charge on any atom is 0.331 e. The predicted molar refractivity (Wildman–Crippen MR) is 51.0 cm³/mol. The van der Waals surface area contributed by atoms with Gasteiger partial charge in [-0.25, -0.2) is 4.79 Å². The fourth-order valence-corrected chi connectivity index (χ4v) is 1.81. The third-order valence-corrected chi connectivity index (χ3v) is 2.63. The number of furan rings is 1. The van der Waals surface area contributed by atoms with Crippen LogP contribution in [0.25, 0.3) is 0 Å². The lowest BCUT2D eigenvalue weighted by Crippen LogP contribution is -2.09. The Morgan fingerprint density at radius 2 is 2.43 bits per heavy atom. The molecule has 0 amide bonds. The molecule has 0 spiro atoms. The van der Waals surface area contributed by atoms with Crippen molar-refractivity contribution in [3.8, 4) is 0 Å². The van der Waals surface area contributed by atoms with Crippen molar-refractivity contribution in [1.29, 1.82) is 0 Å². The minimum atomic E-state index is -0.789. The number of carboxylic acids is 1. The molecule has 0 bridgehead atoms. The second-order valence-electron chi connectivity index (χ2n) is 3.52. The number of allylic oxidation sites excluding steroid dienone is 1. The van der Waals surface area contributed by atoms with Gasteiger partial charge in [0.15, 0.2) is 0 Å². The van der Waals surface area contributed by atoms with Crippen molar-refractivity contribution in [1.82, 2.24) is 0 Å². The van der Waals surface area contributed by atoms with Gasteiger partial charge in [-0.3, -0.25) is 0 Å². The van der Waals surface area contributed by atoms with Crippen LogP contribution in [0.1, 0.15) is 30.9 Å². The second kappa shape index (κ2) is 3.70. The van der Waals surface area contributed by atoms with Crippen LogP contribution in [0.4, 0.5) is 0 Å². The molecule has 3 heteroatoms. The molecule has 2 rings (SSSR count). The second-order valence-corrected chi connectivity index (χ2v) is 3.52. The normalized spacial score (nSPS) is 21.7. The lowest BCUT2D eigenvalue weighted by Gasteiger charge is -2.17. The van der Waals surface area contributed by atoms with E-state index in [4.69, 9.17) is 9.52 Å². The van der Waals surface area contributed by atoms with Crippen molar-refractivity contribution >= 4 is 5.97 Å². The zero-order valence-corrected chi connectivity index (χ0v) is 7.77. The molecule has 1 aromatic heterocycles. The first-order chi connectivity index (χ1) is 6.77. The third kappa shape index (κ3) is 1.71. The standard InChI is InChI=1S/C11H12O3/c12-11(13)9-5-3-8(4-6-9)10-2-1-7-14-10/h1-2,5,7-8H,3-4,6H2,(H,12,13). The average Bonchev–Trinajstić information content (AvgIpc) is 2.71. The Morgan fingerprint density at radius 1 is 1.57 bits per heavy atom. The van der Waals surface area contributed by atoms with E-state index in [1.807, 2.05) is 12.1 Å². The van der Waals surface area contributed by atoms with Gasteiger partial charge in [0.1, 0.15) is 5.76 Å². The zero-order valence-electron chi connectivity index (χ0n) is 7.77. The molecule has 1 N–H and O–H groups in total. The van der Waals surface area contributed by atoms with Gasteiger partial charge in [0.2, 0.25) is 0 Å². The molecule has 1 aromatic rings. The van der Waals surface area contributed by atoms with Gasteiger partial charge < -0.3 is 9.52 Å².